The molecule has 0 fully saturated rings. The highest BCUT2D eigenvalue weighted by Gasteiger charge is 2.09. The maximum Gasteiger partial charge on any atom is 0.134 e. The molecule has 0 N–H and O–H groups in total. The fourth-order valence-electron chi connectivity index (χ4n) is 1.75. The summed E-state index contributed by atoms with van der Waals surface area (Å²) in [5.41, 5.74) is 4.07. The average molecular weight is 278 g/mol. The maximum absolute atomic E-state index is 6.04. The predicted molar refractivity (Wildman–Crippen MR) is 79.1 cm³/mol. The quantitative estimate of drug-likeness (QED) is 0.690. The van der Waals surface area contributed by atoms with Crippen LogP contribution in [0.3, 0.4) is 0 Å². The minimum atomic E-state index is 0.457. The summed E-state index contributed by atoms with van der Waals surface area (Å²) in [5, 5.41) is 0.914. The highest BCUT2D eigenvalue weighted by Crippen LogP contribution is 2.27. The van der Waals surface area contributed by atoms with Crippen LogP contribution in [-0.4, -0.2) is 4.98 Å². The van der Waals surface area contributed by atoms with E-state index < -0.39 is 0 Å². The van der Waals surface area contributed by atoms with Crippen LogP contribution < -0.4 is 0 Å². The van der Waals surface area contributed by atoms with Crippen molar-refractivity contribution in [2.45, 2.75) is 13.8 Å². The van der Waals surface area contributed by atoms with Crippen molar-refractivity contribution in [3.8, 4) is 0 Å². The molecule has 3 heteroatoms. The second-order valence-electron chi connectivity index (χ2n) is 4.10. The van der Waals surface area contributed by atoms with Gasteiger partial charge in [0.2, 0.25) is 0 Å². The van der Waals surface area contributed by atoms with Crippen LogP contribution in [0, 0.1) is 13.8 Å². The number of rotatable bonds is 2. The number of hydrogen-bond acceptors (Lipinski definition) is 1. The molecule has 0 radical (unpaired) electrons. The van der Waals surface area contributed by atoms with Crippen LogP contribution >= 0.6 is 23.2 Å². The highest BCUT2D eigenvalue weighted by molar-refractivity contribution is 6.33. The first-order valence-electron chi connectivity index (χ1n) is 5.65. The SMILES string of the molecule is Cc1c(Cl)nc(Cl)c(C)c1/C=C/c1ccccc1. The Bertz CT molecular complexity index is 563. The monoisotopic (exact) mass is 277 g/mol. The molecule has 0 bridgehead atoms. The Morgan fingerprint density at radius 1 is 0.889 bits per heavy atom. The van der Waals surface area contributed by atoms with E-state index in [4.69, 9.17) is 23.2 Å². The second kappa shape index (κ2) is 5.55. The molecule has 0 spiro atoms. The smallest absolute Gasteiger partial charge is 0.134 e. The van der Waals surface area contributed by atoms with Crippen LogP contribution in [0.2, 0.25) is 10.3 Å². The number of benzene rings is 1. The van der Waals surface area contributed by atoms with Gasteiger partial charge in [-0.1, -0.05) is 65.7 Å². The van der Waals surface area contributed by atoms with Crippen molar-refractivity contribution >= 4 is 35.4 Å². The molecule has 0 saturated heterocycles. The summed E-state index contributed by atoms with van der Waals surface area (Å²) in [6, 6.07) is 10.1. The largest absolute Gasteiger partial charge is 0.224 e. The van der Waals surface area contributed by atoms with Crippen molar-refractivity contribution in [2.75, 3.05) is 0 Å². The van der Waals surface area contributed by atoms with Gasteiger partial charge in [-0.3, -0.25) is 0 Å². The van der Waals surface area contributed by atoms with Crippen LogP contribution in [0.25, 0.3) is 12.2 Å². The van der Waals surface area contributed by atoms with Gasteiger partial charge in [0.1, 0.15) is 10.3 Å². The summed E-state index contributed by atoms with van der Waals surface area (Å²) in [5.74, 6) is 0. The van der Waals surface area contributed by atoms with Gasteiger partial charge in [0.05, 0.1) is 0 Å². The molecule has 0 aliphatic heterocycles. The third kappa shape index (κ3) is 2.74. The molecule has 0 saturated carbocycles. The van der Waals surface area contributed by atoms with Crippen LogP contribution in [0.1, 0.15) is 22.3 Å². The van der Waals surface area contributed by atoms with Crippen LogP contribution in [0.5, 0.6) is 0 Å². The minimum absolute atomic E-state index is 0.457. The lowest BCUT2D eigenvalue weighted by Gasteiger charge is -2.08. The van der Waals surface area contributed by atoms with E-state index in [0.717, 1.165) is 22.3 Å². The van der Waals surface area contributed by atoms with Gasteiger partial charge in [0.15, 0.2) is 0 Å². The van der Waals surface area contributed by atoms with Crippen molar-refractivity contribution in [3.63, 3.8) is 0 Å². The van der Waals surface area contributed by atoms with Gasteiger partial charge in [0.25, 0.3) is 0 Å². The molecule has 2 aromatic rings. The van der Waals surface area contributed by atoms with Crippen LogP contribution in [-0.2, 0) is 0 Å². The topological polar surface area (TPSA) is 12.9 Å². The Balaban J connectivity index is 2.44. The Morgan fingerprint density at radius 2 is 1.44 bits per heavy atom. The van der Waals surface area contributed by atoms with Gasteiger partial charge in [-0.05, 0) is 36.1 Å². The molecule has 2 rings (SSSR count). The fourth-order valence-corrected chi connectivity index (χ4v) is 2.17. The molecule has 92 valence electrons. The number of halogens is 2. The summed E-state index contributed by atoms with van der Waals surface area (Å²) in [6.45, 7) is 3.90. The highest BCUT2D eigenvalue weighted by atomic mass is 35.5. The second-order valence-corrected chi connectivity index (χ2v) is 4.82. The van der Waals surface area contributed by atoms with E-state index in [1.165, 1.54) is 0 Å². The van der Waals surface area contributed by atoms with Crippen molar-refractivity contribution < 1.29 is 0 Å². The van der Waals surface area contributed by atoms with E-state index in [1.807, 2.05) is 56.3 Å². The molecule has 18 heavy (non-hydrogen) atoms. The first-order valence-corrected chi connectivity index (χ1v) is 6.40. The standard InChI is InChI=1S/C15H13Cl2N/c1-10-13(11(2)15(17)18-14(10)16)9-8-12-6-4-3-5-7-12/h3-9H,1-2H3/b9-8+. The van der Waals surface area contributed by atoms with E-state index in [2.05, 4.69) is 4.98 Å². The summed E-state index contributed by atoms with van der Waals surface area (Å²) in [6.07, 6.45) is 4.07. The van der Waals surface area contributed by atoms with E-state index in [-0.39, 0.29) is 0 Å². The maximum atomic E-state index is 6.04. The lowest BCUT2D eigenvalue weighted by molar-refractivity contribution is 1.21. The minimum Gasteiger partial charge on any atom is -0.224 e. The molecule has 0 aliphatic carbocycles. The lowest BCUT2D eigenvalue weighted by Crippen LogP contribution is -1.93. The summed E-state index contributed by atoms with van der Waals surface area (Å²) in [7, 11) is 0. The predicted octanol–water partition coefficient (Wildman–Crippen LogP) is 5.18. The van der Waals surface area contributed by atoms with Crippen molar-refractivity contribution in [2.24, 2.45) is 0 Å². The van der Waals surface area contributed by atoms with Crippen LogP contribution in [0.4, 0.5) is 0 Å². The summed E-state index contributed by atoms with van der Waals surface area (Å²) in [4.78, 5) is 4.09. The number of nitrogens with zero attached hydrogens (tertiary/aromatic N) is 1. The molecule has 1 nitrogen and oxygen atoms in total. The molecular weight excluding hydrogens is 265 g/mol. The van der Waals surface area contributed by atoms with E-state index in [1.54, 1.807) is 0 Å². The molecule has 1 aromatic heterocycles. The zero-order valence-corrected chi connectivity index (χ0v) is 11.8. The van der Waals surface area contributed by atoms with Crippen molar-refractivity contribution in [3.05, 3.63) is 62.9 Å². The van der Waals surface area contributed by atoms with E-state index in [0.29, 0.717) is 10.3 Å². The van der Waals surface area contributed by atoms with Gasteiger partial charge in [-0.25, -0.2) is 4.98 Å². The third-order valence-corrected chi connectivity index (χ3v) is 3.60. The Morgan fingerprint density at radius 3 is 2.00 bits per heavy atom. The fraction of sp³-hybridized carbons (Fsp3) is 0.133. The zero-order valence-electron chi connectivity index (χ0n) is 10.2. The van der Waals surface area contributed by atoms with E-state index in [9.17, 15) is 0 Å². The number of pyridine rings is 1. The molecule has 1 heterocycles. The van der Waals surface area contributed by atoms with E-state index >= 15 is 0 Å². The Kier molecular flexibility index (Phi) is 4.05. The van der Waals surface area contributed by atoms with Gasteiger partial charge >= 0.3 is 0 Å². The van der Waals surface area contributed by atoms with Gasteiger partial charge < -0.3 is 0 Å². The van der Waals surface area contributed by atoms with Gasteiger partial charge in [-0.2, -0.15) is 0 Å². The first kappa shape index (κ1) is 13.1. The third-order valence-electron chi connectivity index (χ3n) is 2.87. The molecule has 0 atom stereocenters. The van der Waals surface area contributed by atoms with Crippen molar-refractivity contribution in [1.29, 1.82) is 0 Å². The average Bonchev–Trinajstić information content (AvgIpc) is 2.38. The number of hydrogen-bond donors (Lipinski definition) is 0. The lowest BCUT2D eigenvalue weighted by atomic mass is 10.0. The Labute approximate surface area is 117 Å². The summed E-state index contributed by atoms with van der Waals surface area (Å²) < 4.78 is 0. The molecular formula is C15H13Cl2N. The first-order chi connectivity index (χ1) is 8.59. The molecule has 0 aliphatic rings. The van der Waals surface area contributed by atoms with Crippen LogP contribution in [0.15, 0.2) is 30.3 Å². The normalized spacial score (nSPS) is 11.1. The Hall–Kier alpha value is -1.31. The van der Waals surface area contributed by atoms with Crippen molar-refractivity contribution in [1.82, 2.24) is 4.98 Å². The van der Waals surface area contributed by atoms with Gasteiger partial charge in [-0.15, -0.1) is 0 Å². The summed E-state index contributed by atoms with van der Waals surface area (Å²) >= 11 is 12.1. The molecule has 1 aromatic carbocycles. The molecule has 0 unspecified atom stereocenters. The zero-order chi connectivity index (χ0) is 13.1. The molecule has 0 amide bonds. The van der Waals surface area contributed by atoms with Gasteiger partial charge in [0, 0.05) is 0 Å². The number of aromatic nitrogens is 1.